The monoisotopic (exact) mass is 462 g/mol. The summed E-state index contributed by atoms with van der Waals surface area (Å²) in [5.74, 6) is -0.505. The van der Waals surface area contributed by atoms with Gasteiger partial charge in [0.15, 0.2) is 0 Å². The number of sulfonamides is 1. The number of nitrogens with zero attached hydrogens (tertiary/aromatic N) is 3. The molecule has 0 saturated heterocycles. The van der Waals surface area contributed by atoms with Crippen molar-refractivity contribution in [3.8, 4) is 0 Å². The van der Waals surface area contributed by atoms with Crippen LogP contribution in [0.15, 0.2) is 42.5 Å². The lowest BCUT2D eigenvalue weighted by atomic mass is 10.1. The fraction of sp³-hybridized carbons (Fsp3) is 0.409. The van der Waals surface area contributed by atoms with Gasteiger partial charge >= 0.3 is 0 Å². The molecule has 2 aromatic carbocycles. The second-order valence-corrected chi connectivity index (χ2v) is 9.38. The molecule has 2 rings (SSSR count). The molecule has 0 spiro atoms. The summed E-state index contributed by atoms with van der Waals surface area (Å²) in [4.78, 5) is 25.6. The number of nitro groups is 1. The van der Waals surface area contributed by atoms with E-state index in [4.69, 9.17) is 0 Å². The van der Waals surface area contributed by atoms with E-state index in [0.717, 1.165) is 34.9 Å². The molecular weight excluding hydrogens is 432 g/mol. The van der Waals surface area contributed by atoms with E-state index < -0.39 is 26.9 Å². The molecule has 0 heterocycles. The van der Waals surface area contributed by atoms with Crippen molar-refractivity contribution in [2.24, 2.45) is 0 Å². The number of aryl methyl sites for hydroxylation is 1. The van der Waals surface area contributed by atoms with Crippen LogP contribution in [0.4, 0.5) is 17.1 Å². The van der Waals surface area contributed by atoms with Gasteiger partial charge in [0.05, 0.1) is 16.9 Å². The fourth-order valence-corrected chi connectivity index (χ4v) is 4.70. The standard InChI is InChI=1S/C22H30N4O5S/c1-6-24(7-2)19-12-9-18(10-13-19)15-23-22(27)17(4)25(32(5,30)31)21-14-20(26(28)29)11-8-16(21)3/h8-14,17H,6-7,15H2,1-5H3,(H,23,27)/t17-/m0/s1. The second kappa shape index (κ2) is 10.4. The molecule has 0 aliphatic heterocycles. The molecule has 0 saturated carbocycles. The van der Waals surface area contributed by atoms with Gasteiger partial charge in [0.2, 0.25) is 15.9 Å². The van der Waals surface area contributed by atoms with Crippen molar-refractivity contribution in [3.63, 3.8) is 0 Å². The topological polar surface area (TPSA) is 113 Å². The second-order valence-electron chi connectivity index (χ2n) is 7.52. The fourth-order valence-electron chi connectivity index (χ4n) is 3.48. The van der Waals surface area contributed by atoms with Crippen LogP contribution < -0.4 is 14.5 Å². The van der Waals surface area contributed by atoms with Crippen LogP contribution in [-0.4, -0.2) is 44.6 Å². The third-order valence-electron chi connectivity index (χ3n) is 5.26. The first-order chi connectivity index (χ1) is 15.0. The van der Waals surface area contributed by atoms with E-state index >= 15 is 0 Å². The smallest absolute Gasteiger partial charge is 0.271 e. The summed E-state index contributed by atoms with van der Waals surface area (Å²) in [6.07, 6.45) is 0.973. The Bertz CT molecular complexity index is 1070. The summed E-state index contributed by atoms with van der Waals surface area (Å²) < 4.78 is 26.0. The summed E-state index contributed by atoms with van der Waals surface area (Å²) >= 11 is 0. The molecule has 10 heteroatoms. The van der Waals surface area contributed by atoms with Crippen LogP contribution in [0.2, 0.25) is 0 Å². The minimum atomic E-state index is -3.89. The van der Waals surface area contributed by atoms with E-state index in [1.165, 1.54) is 25.1 Å². The largest absolute Gasteiger partial charge is 0.372 e. The van der Waals surface area contributed by atoms with Crippen molar-refractivity contribution in [1.82, 2.24) is 5.32 Å². The van der Waals surface area contributed by atoms with Crippen LogP contribution >= 0.6 is 0 Å². The molecule has 174 valence electrons. The summed E-state index contributed by atoms with van der Waals surface area (Å²) in [6.45, 7) is 9.26. The average molecular weight is 463 g/mol. The first kappa shape index (κ1) is 25.1. The maximum atomic E-state index is 12.8. The number of nitro benzene ring substituents is 1. The molecule has 32 heavy (non-hydrogen) atoms. The molecule has 0 aliphatic rings. The number of carbonyl (C=O) groups excluding carboxylic acids is 1. The van der Waals surface area contributed by atoms with Gasteiger partial charge in [-0.05, 0) is 51.0 Å². The highest BCUT2D eigenvalue weighted by Gasteiger charge is 2.31. The van der Waals surface area contributed by atoms with Crippen molar-refractivity contribution in [2.45, 2.75) is 40.3 Å². The number of carbonyl (C=O) groups is 1. The van der Waals surface area contributed by atoms with E-state index in [1.807, 2.05) is 24.3 Å². The number of nitrogens with one attached hydrogen (secondary N) is 1. The number of amides is 1. The predicted octanol–water partition coefficient (Wildman–Crippen LogP) is 3.22. The first-order valence-electron chi connectivity index (χ1n) is 10.4. The van der Waals surface area contributed by atoms with E-state index in [0.29, 0.717) is 5.56 Å². The number of benzene rings is 2. The highest BCUT2D eigenvalue weighted by molar-refractivity contribution is 7.92. The van der Waals surface area contributed by atoms with E-state index in [1.54, 1.807) is 6.92 Å². The number of rotatable bonds is 10. The van der Waals surface area contributed by atoms with Crippen molar-refractivity contribution >= 4 is 33.0 Å². The minimum absolute atomic E-state index is 0.105. The molecular formula is C22H30N4O5S. The lowest BCUT2D eigenvalue weighted by molar-refractivity contribution is -0.384. The molecule has 0 aromatic heterocycles. The van der Waals surface area contributed by atoms with Gasteiger partial charge in [-0.15, -0.1) is 0 Å². The zero-order chi connectivity index (χ0) is 24.1. The van der Waals surface area contributed by atoms with Crippen LogP contribution in [0.3, 0.4) is 0 Å². The molecule has 2 aromatic rings. The summed E-state index contributed by atoms with van der Waals surface area (Å²) in [6, 6.07) is 10.6. The van der Waals surface area contributed by atoms with Crippen molar-refractivity contribution < 1.29 is 18.1 Å². The Morgan fingerprint density at radius 2 is 1.72 bits per heavy atom. The minimum Gasteiger partial charge on any atom is -0.372 e. The van der Waals surface area contributed by atoms with Gasteiger partial charge in [-0.25, -0.2) is 8.42 Å². The van der Waals surface area contributed by atoms with Crippen LogP contribution in [0.5, 0.6) is 0 Å². The Hall–Kier alpha value is -3.14. The van der Waals surface area contributed by atoms with Crippen molar-refractivity contribution in [2.75, 3.05) is 28.6 Å². The molecule has 1 atom stereocenters. The van der Waals surface area contributed by atoms with Gasteiger partial charge in [-0.2, -0.15) is 0 Å². The summed E-state index contributed by atoms with van der Waals surface area (Å²) in [5.41, 5.74) is 2.32. The Morgan fingerprint density at radius 1 is 1.12 bits per heavy atom. The van der Waals surface area contributed by atoms with E-state index in [9.17, 15) is 23.3 Å². The molecule has 0 radical (unpaired) electrons. The number of hydrogen-bond acceptors (Lipinski definition) is 6. The third kappa shape index (κ3) is 5.97. The molecule has 0 fully saturated rings. The van der Waals surface area contributed by atoms with Crippen molar-refractivity contribution in [3.05, 3.63) is 63.7 Å². The molecule has 9 nitrogen and oxygen atoms in total. The normalized spacial score (nSPS) is 12.2. The number of anilines is 2. The third-order valence-corrected chi connectivity index (χ3v) is 6.49. The Labute approximate surface area is 189 Å². The lowest BCUT2D eigenvalue weighted by Gasteiger charge is -2.29. The summed E-state index contributed by atoms with van der Waals surface area (Å²) in [7, 11) is -3.89. The molecule has 1 N–H and O–H groups in total. The molecule has 0 bridgehead atoms. The SMILES string of the molecule is CCN(CC)c1ccc(CNC(=O)[C@H](C)N(c2cc([N+](=O)[O-])ccc2C)S(C)(=O)=O)cc1. The maximum absolute atomic E-state index is 12.8. The Morgan fingerprint density at radius 3 is 2.22 bits per heavy atom. The zero-order valence-electron chi connectivity index (χ0n) is 19.0. The van der Waals surface area contributed by atoms with Gasteiger partial charge in [0, 0.05) is 37.5 Å². The predicted molar refractivity (Wildman–Crippen MR) is 126 cm³/mol. The van der Waals surface area contributed by atoms with Crippen LogP contribution in [-0.2, 0) is 21.4 Å². The summed E-state index contributed by atoms with van der Waals surface area (Å²) in [5, 5.41) is 13.9. The van der Waals surface area contributed by atoms with E-state index in [-0.39, 0.29) is 17.9 Å². The van der Waals surface area contributed by atoms with Gasteiger partial charge in [0.1, 0.15) is 6.04 Å². The Balaban J connectivity index is 2.21. The molecule has 1 amide bonds. The quantitative estimate of drug-likeness (QED) is 0.428. The van der Waals surface area contributed by atoms with Crippen LogP contribution in [0, 0.1) is 17.0 Å². The highest BCUT2D eigenvalue weighted by Crippen LogP contribution is 2.29. The van der Waals surface area contributed by atoms with Gasteiger partial charge in [0.25, 0.3) is 5.69 Å². The molecule has 0 aliphatic carbocycles. The number of hydrogen-bond donors (Lipinski definition) is 1. The highest BCUT2D eigenvalue weighted by atomic mass is 32.2. The Kier molecular flexibility index (Phi) is 8.20. The van der Waals surface area contributed by atoms with Crippen LogP contribution in [0.1, 0.15) is 31.9 Å². The first-order valence-corrected chi connectivity index (χ1v) is 12.2. The van der Waals surface area contributed by atoms with Crippen molar-refractivity contribution in [1.29, 1.82) is 0 Å². The maximum Gasteiger partial charge on any atom is 0.271 e. The van der Waals surface area contributed by atoms with Gasteiger partial charge in [-0.1, -0.05) is 18.2 Å². The average Bonchev–Trinajstić information content (AvgIpc) is 2.74. The van der Waals surface area contributed by atoms with Gasteiger partial charge in [-0.3, -0.25) is 19.2 Å². The van der Waals surface area contributed by atoms with Gasteiger partial charge < -0.3 is 10.2 Å². The van der Waals surface area contributed by atoms with E-state index in [2.05, 4.69) is 24.1 Å². The number of non-ortho nitro benzene ring substituents is 1. The molecule has 0 unspecified atom stereocenters. The lowest BCUT2D eigenvalue weighted by Crippen LogP contribution is -2.48. The van der Waals surface area contributed by atoms with Crippen LogP contribution in [0.25, 0.3) is 0 Å². The zero-order valence-corrected chi connectivity index (χ0v) is 19.8.